The summed E-state index contributed by atoms with van der Waals surface area (Å²) >= 11 is 0. The molecule has 1 rings (SSSR count). The summed E-state index contributed by atoms with van der Waals surface area (Å²) in [6, 6.07) is 2.75. The quantitative estimate of drug-likeness (QED) is 0.761. The van der Waals surface area contributed by atoms with E-state index in [1.165, 1.54) is 26.4 Å². The first-order chi connectivity index (χ1) is 7.10. The average Bonchev–Trinajstić information content (AvgIpc) is 2.27. The van der Waals surface area contributed by atoms with Crippen LogP contribution in [0.15, 0.2) is 18.2 Å². The predicted molar refractivity (Wildman–Crippen MR) is 51.9 cm³/mol. The second kappa shape index (κ2) is 4.75. The fourth-order valence-electron chi connectivity index (χ4n) is 1.20. The van der Waals surface area contributed by atoms with Crippen LogP contribution in [0.2, 0.25) is 0 Å². The molecule has 0 saturated heterocycles. The van der Waals surface area contributed by atoms with Crippen molar-refractivity contribution in [1.29, 1.82) is 0 Å². The van der Waals surface area contributed by atoms with E-state index >= 15 is 0 Å². The van der Waals surface area contributed by atoms with Crippen molar-refractivity contribution in [2.45, 2.75) is 6.04 Å². The molecule has 1 aromatic rings. The van der Waals surface area contributed by atoms with Gasteiger partial charge in [0.2, 0.25) is 0 Å². The normalized spacial score (nSPS) is 12.0. The fourth-order valence-corrected chi connectivity index (χ4v) is 1.20. The lowest BCUT2D eigenvalue weighted by atomic mass is 10.1. The van der Waals surface area contributed by atoms with Gasteiger partial charge in [0.1, 0.15) is 17.6 Å². The molecule has 0 aliphatic carbocycles. The Morgan fingerprint density at radius 3 is 2.67 bits per heavy atom. The Morgan fingerprint density at radius 2 is 2.13 bits per heavy atom. The van der Waals surface area contributed by atoms with Crippen LogP contribution in [0.5, 0.6) is 5.75 Å². The van der Waals surface area contributed by atoms with Crippen LogP contribution in [-0.2, 0) is 9.53 Å². The molecule has 4 nitrogen and oxygen atoms in total. The highest BCUT2D eigenvalue weighted by molar-refractivity contribution is 5.78. The molecular weight excluding hydrogens is 201 g/mol. The van der Waals surface area contributed by atoms with E-state index in [2.05, 4.69) is 4.74 Å². The summed E-state index contributed by atoms with van der Waals surface area (Å²) in [4.78, 5) is 11.2. The van der Waals surface area contributed by atoms with Crippen LogP contribution in [0.25, 0.3) is 0 Å². The van der Waals surface area contributed by atoms with Gasteiger partial charge in [-0.05, 0) is 18.2 Å². The zero-order valence-corrected chi connectivity index (χ0v) is 8.49. The van der Waals surface area contributed by atoms with Crippen molar-refractivity contribution < 1.29 is 18.7 Å². The third-order valence-corrected chi connectivity index (χ3v) is 1.98. The molecule has 0 saturated carbocycles. The molecule has 0 aliphatic heterocycles. The zero-order valence-electron chi connectivity index (χ0n) is 8.49. The highest BCUT2D eigenvalue weighted by Gasteiger charge is 2.20. The standard InChI is InChI=1S/C10H12FNO3/c1-14-8-4-3-6(11)5-7(8)9(12)10(13)15-2/h3-5,9H,12H2,1-2H3/t9-/m0/s1. The zero-order chi connectivity index (χ0) is 11.4. The second-order valence-electron chi connectivity index (χ2n) is 2.89. The molecule has 5 heteroatoms. The maximum absolute atomic E-state index is 12.9. The predicted octanol–water partition coefficient (Wildman–Crippen LogP) is 1.01. The first kappa shape index (κ1) is 11.5. The molecule has 1 aromatic carbocycles. The Bertz CT molecular complexity index is 368. The SMILES string of the molecule is COC(=O)[C@@H](N)c1cc(F)ccc1OC. The number of methoxy groups -OCH3 is 2. The number of nitrogens with two attached hydrogens (primary N) is 1. The molecule has 0 aliphatic rings. The van der Waals surface area contributed by atoms with Gasteiger partial charge in [-0.25, -0.2) is 4.39 Å². The smallest absolute Gasteiger partial charge is 0.327 e. The van der Waals surface area contributed by atoms with Crippen molar-refractivity contribution in [3.63, 3.8) is 0 Å². The van der Waals surface area contributed by atoms with Gasteiger partial charge in [0.25, 0.3) is 0 Å². The van der Waals surface area contributed by atoms with Gasteiger partial charge in [-0.1, -0.05) is 0 Å². The van der Waals surface area contributed by atoms with E-state index in [0.717, 1.165) is 6.07 Å². The maximum atomic E-state index is 12.9. The summed E-state index contributed by atoms with van der Waals surface area (Å²) in [5, 5.41) is 0. The summed E-state index contributed by atoms with van der Waals surface area (Å²) in [6.45, 7) is 0. The largest absolute Gasteiger partial charge is 0.496 e. The Balaban J connectivity index is 3.10. The third-order valence-electron chi connectivity index (χ3n) is 1.98. The Hall–Kier alpha value is -1.62. The molecule has 0 aromatic heterocycles. The summed E-state index contributed by atoms with van der Waals surface area (Å²) in [5.74, 6) is -0.765. The molecule has 0 radical (unpaired) electrons. The summed E-state index contributed by atoms with van der Waals surface area (Å²) in [7, 11) is 2.63. The Morgan fingerprint density at radius 1 is 1.47 bits per heavy atom. The average molecular weight is 213 g/mol. The van der Waals surface area contributed by atoms with E-state index < -0.39 is 17.8 Å². The number of carbonyl (C=O) groups is 1. The molecule has 0 fully saturated rings. The van der Waals surface area contributed by atoms with Gasteiger partial charge in [0.15, 0.2) is 0 Å². The van der Waals surface area contributed by atoms with Crippen LogP contribution in [0.1, 0.15) is 11.6 Å². The first-order valence-electron chi connectivity index (χ1n) is 4.27. The van der Waals surface area contributed by atoms with Crippen molar-refractivity contribution >= 4 is 5.97 Å². The number of rotatable bonds is 3. The van der Waals surface area contributed by atoms with Crippen molar-refractivity contribution in [3.05, 3.63) is 29.6 Å². The summed E-state index contributed by atoms with van der Waals surface area (Å²) in [5.41, 5.74) is 5.84. The van der Waals surface area contributed by atoms with Crippen LogP contribution in [-0.4, -0.2) is 20.2 Å². The number of ether oxygens (including phenoxy) is 2. The minimum absolute atomic E-state index is 0.268. The van der Waals surface area contributed by atoms with Crippen LogP contribution in [0, 0.1) is 5.82 Å². The van der Waals surface area contributed by atoms with E-state index in [4.69, 9.17) is 10.5 Å². The fraction of sp³-hybridized carbons (Fsp3) is 0.300. The van der Waals surface area contributed by atoms with Gasteiger partial charge in [-0.15, -0.1) is 0 Å². The van der Waals surface area contributed by atoms with Gasteiger partial charge in [-0.2, -0.15) is 0 Å². The minimum Gasteiger partial charge on any atom is -0.496 e. The van der Waals surface area contributed by atoms with E-state index in [9.17, 15) is 9.18 Å². The Labute approximate surface area is 86.8 Å². The van der Waals surface area contributed by atoms with Crippen LogP contribution < -0.4 is 10.5 Å². The first-order valence-corrected chi connectivity index (χ1v) is 4.27. The van der Waals surface area contributed by atoms with E-state index in [1.807, 2.05) is 0 Å². The van der Waals surface area contributed by atoms with Crippen LogP contribution in [0.3, 0.4) is 0 Å². The van der Waals surface area contributed by atoms with Gasteiger partial charge >= 0.3 is 5.97 Å². The maximum Gasteiger partial charge on any atom is 0.327 e. The molecule has 0 spiro atoms. The lowest BCUT2D eigenvalue weighted by Gasteiger charge is -2.13. The number of carbonyl (C=O) groups excluding carboxylic acids is 1. The molecule has 2 N–H and O–H groups in total. The van der Waals surface area contributed by atoms with Crippen molar-refractivity contribution in [1.82, 2.24) is 0 Å². The molecule has 0 amide bonds. The number of halogens is 1. The third kappa shape index (κ3) is 2.44. The molecule has 82 valence electrons. The van der Waals surface area contributed by atoms with E-state index in [0.29, 0.717) is 5.75 Å². The van der Waals surface area contributed by atoms with E-state index in [-0.39, 0.29) is 5.56 Å². The van der Waals surface area contributed by atoms with Crippen molar-refractivity contribution in [2.75, 3.05) is 14.2 Å². The highest BCUT2D eigenvalue weighted by Crippen LogP contribution is 2.25. The number of hydrogen-bond acceptors (Lipinski definition) is 4. The van der Waals surface area contributed by atoms with Crippen molar-refractivity contribution in [3.8, 4) is 5.75 Å². The van der Waals surface area contributed by atoms with Gasteiger partial charge in [0, 0.05) is 5.56 Å². The number of esters is 1. The van der Waals surface area contributed by atoms with Crippen LogP contribution in [0.4, 0.5) is 4.39 Å². The molecule has 0 unspecified atom stereocenters. The molecule has 1 atom stereocenters. The van der Waals surface area contributed by atoms with E-state index in [1.54, 1.807) is 0 Å². The Kier molecular flexibility index (Phi) is 3.62. The monoisotopic (exact) mass is 213 g/mol. The lowest BCUT2D eigenvalue weighted by molar-refractivity contribution is -0.142. The minimum atomic E-state index is -1.04. The molecular formula is C10H12FNO3. The number of benzene rings is 1. The lowest BCUT2D eigenvalue weighted by Crippen LogP contribution is -2.23. The number of hydrogen-bond donors (Lipinski definition) is 1. The van der Waals surface area contributed by atoms with Gasteiger partial charge in [-0.3, -0.25) is 4.79 Å². The summed E-state index contributed by atoms with van der Waals surface area (Å²) in [6.07, 6.45) is 0. The molecule has 15 heavy (non-hydrogen) atoms. The molecule has 0 bridgehead atoms. The molecule has 0 heterocycles. The van der Waals surface area contributed by atoms with Crippen molar-refractivity contribution in [2.24, 2.45) is 5.73 Å². The summed E-state index contributed by atoms with van der Waals surface area (Å²) < 4.78 is 22.4. The highest BCUT2D eigenvalue weighted by atomic mass is 19.1. The van der Waals surface area contributed by atoms with Gasteiger partial charge < -0.3 is 15.2 Å². The second-order valence-corrected chi connectivity index (χ2v) is 2.89. The van der Waals surface area contributed by atoms with Gasteiger partial charge in [0.05, 0.1) is 14.2 Å². The topological polar surface area (TPSA) is 61.5 Å². The van der Waals surface area contributed by atoms with Crippen LogP contribution >= 0.6 is 0 Å².